The van der Waals surface area contributed by atoms with E-state index in [9.17, 15) is 4.79 Å². The molecule has 0 bridgehead atoms. The second-order valence-electron chi connectivity index (χ2n) is 6.01. The average molecular weight is 301 g/mol. The fourth-order valence-electron chi connectivity index (χ4n) is 1.95. The Morgan fingerprint density at radius 1 is 1.45 bits per heavy atom. The summed E-state index contributed by atoms with van der Waals surface area (Å²) in [6.45, 7) is 9.26. The first kappa shape index (κ1) is 18.8. The van der Waals surface area contributed by atoms with Gasteiger partial charge < -0.3 is 10.6 Å². The maximum absolute atomic E-state index is 12.5. The number of nitrogens with zero attached hydrogens (tertiary/aromatic N) is 3. The van der Waals surface area contributed by atoms with Gasteiger partial charge in [0.2, 0.25) is 0 Å². The fourth-order valence-corrected chi connectivity index (χ4v) is 1.95. The second kappa shape index (κ2) is 7.55. The summed E-state index contributed by atoms with van der Waals surface area (Å²) >= 11 is 0. The Labute approximate surface area is 127 Å². The standard InChI is InChI=1S/C14H24N4O.ClH/c1-10(2)12-11(6-16-9-17-12)13(19)18(5)8-14(3,4)7-15;/h6,9-10H,7-8,15H2,1-5H3;1H. The van der Waals surface area contributed by atoms with Crippen molar-refractivity contribution in [2.24, 2.45) is 11.1 Å². The van der Waals surface area contributed by atoms with Crippen molar-refractivity contribution in [1.82, 2.24) is 14.9 Å². The van der Waals surface area contributed by atoms with Crippen LogP contribution in [0.15, 0.2) is 12.5 Å². The number of carbonyl (C=O) groups excluding carboxylic acids is 1. The minimum absolute atomic E-state index is 0. The van der Waals surface area contributed by atoms with E-state index in [0.717, 1.165) is 5.69 Å². The summed E-state index contributed by atoms with van der Waals surface area (Å²) < 4.78 is 0. The van der Waals surface area contributed by atoms with Crippen LogP contribution in [0.3, 0.4) is 0 Å². The van der Waals surface area contributed by atoms with Gasteiger partial charge in [-0.2, -0.15) is 0 Å². The molecule has 0 saturated carbocycles. The first-order valence-corrected chi connectivity index (χ1v) is 6.54. The van der Waals surface area contributed by atoms with E-state index in [1.165, 1.54) is 6.33 Å². The Balaban J connectivity index is 0.00000361. The summed E-state index contributed by atoms with van der Waals surface area (Å²) in [6.07, 6.45) is 3.08. The molecule has 0 saturated heterocycles. The third kappa shape index (κ3) is 4.72. The maximum atomic E-state index is 12.5. The molecule has 20 heavy (non-hydrogen) atoms. The molecule has 2 N–H and O–H groups in total. The lowest BCUT2D eigenvalue weighted by atomic mass is 9.93. The SMILES string of the molecule is CC(C)c1ncncc1C(=O)N(C)CC(C)(C)CN.Cl. The fraction of sp³-hybridized carbons (Fsp3) is 0.643. The minimum atomic E-state index is -0.0992. The molecule has 0 unspecified atom stereocenters. The number of amides is 1. The number of rotatable bonds is 5. The van der Waals surface area contributed by atoms with Crippen LogP contribution < -0.4 is 5.73 Å². The van der Waals surface area contributed by atoms with E-state index in [1.54, 1.807) is 18.1 Å². The summed E-state index contributed by atoms with van der Waals surface area (Å²) in [5, 5.41) is 0. The zero-order valence-corrected chi connectivity index (χ0v) is 13.7. The van der Waals surface area contributed by atoms with Crippen LogP contribution >= 0.6 is 12.4 Å². The molecular weight excluding hydrogens is 276 g/mol. The van der Waals surface area contributed by atoms with Gasteiger partial charge in [0.1, 0.15) is 6.33 Å². The van der Waals surface area contributed by atoms with E-state index in [4.69, 9.17) is 5.73 Å². The number of carbonyl (C=O) groups is 1. The molecule has 0 spiro atoms. The van der Waals surface area contributed by atoms with Crippen molar-refractivity contribution in [2.75, 3.05) is 20.1 Å². The number of hydrogen-bond donors (Lipinski definition) is 1. The number of halogens is 1. The lowest BCUT2D eigenvalue weighted by molar-refractivity contribution is 0.0738. The van der Waals surface area contributed by atoms with E-state index < -0.39 is 0 Å². The van der Waals surface area contributed by atoms with Crippen molar-refractivity contribution >= 4 is 18.3 Å². The number of nitrogens with two attached hydrogens (primary N) is 1. The Bertz CT molecular complexity index is 449. The maximum Gasteiger partial charge on any atom is 0.257 e. The van der Waals surface area contributed by atoms with Crippen molar-refractivity contribution in [3.8, 4) is 0 Å². The molecule has 6 heteroatoms. The molecule has 0 atom stereocenters. The zero-order chi connectivity index (χ0) is 14.6. The monoisotopic (exact) mass is 300 g/mol. The van der Waals surface area contributed by atoms with Crippen LogP contribution in [0.2, 0.25) is 0 Å². The molecule has 1 aromatic heterocycles. The molecule has 0 aromatic carbocycles. The molecule has 0 radical (unpaired) electrons. The van der Waals surface area contributed by atoms with Gasteiger partial charge in [-0.15, -0.1) is 12.4 Å². The van der Waals surface area contributed by atoms with Crippen molar-refractivity contribution < 1.29 is 4.79 Å². The van der Waals surface area contributed by atoms with Gasteiger partial charge in [-0.25, -0.2) is 9.97 Å². The van der Waals surface area contributed by atoms with Crippen LogP contribution in [-0.4, -0.2) is 40.9 Å². The molecule has 1 amide bonds. The van der Waals surface area contributed by atoms with E-state index in [0.29, 0.717) is 18.7 Å². The van der Waals surface area contributed by atoms with Gasteiger partial charge in [0.25, 0.3) is 5.91 Å². The predicted octanol–water partition coefficient (Wildman–Crippen LogP) is 2.08. The van der Waals surface area contributed by atoms with Gasteiger partial charge in [0, 0.05) is 19.8 Å². The summed E-state index contributed by atoms with van der Waals surface area (Å²) in [5.74, 6) is 0.142. The lowest BCUT2D eigenvalue weighted by Gasteiger charge is -2.29. The summed E-state index contributed by atoms with van der Waals surface area (Å²) in [4.78, 5) is 22.3. The van der Waals surface area contributed by atoms with Gasteiger partial charge in [-0.3, -0.25) is 4.79 Å². The lowest BCUT2D eigenvalue weighted by Crippen LogP contribution is -2.40. The Kier molecular flexibility index (Phi) is 7.09. The molecule has 0 aliphatic carbocycles. The van der Waals surface area contributed by atoms with Gasteiger partial charge >= 0.3 is 0 Å². The third-order valence-electron chi connectivity index (χ3n) is 3.08. The van der Waals surface area contributed by atoms with Crippen molar-refractivity contribution in [3.63, 3.8) is 0 Å². The highest BCUT2D eigenvalue weighted by atomic mass is 35.5. The highest BCUT2D eigenvalue weighted by Gasteiger charge is 2.24. The molecule has 1 aromatic rings. The van der Waals surface area contributed by atoms with Crippen LogP contribution in [0, 0.1) is 5.41 Å². The van der Waals surface area contributed by atoms with Crippen molar-refractivity contribution in [2.45, 2.75) is 33.6 Å². The molecular formula is C14H25ClN4O. The Morgan fingerprint density at radius 2 is 2.05 bits per heavy atom. The Hall–Kier alpha value is -1.20. The van der Waals surface area contributed by atoms with Gasteiger partial charge in [0.05, 0.1) is 11.3 Å². The quantitative estimate of drug-likeness (QED) is 0.903. The zero-order valence-electron chi connectivity index (χ0n) is 12.9. The van der Waals surface area contributed by atoms with Crippen LogP contribution in [0.1, 0.15) is 49.7 Å². The van der Waals surface area contributed by atoms with Crippen LogP contribution in [0.5, 0.6) is 0 Å². The first-order chi connectivity index (χ1) is 8.78. The summed E-state index contributed by atoms with van der Waals surface area (Å²) in [5.41, 5.74) is 6.98. The molecule has 0 fully saturated rings. The smallest absolute Gasteiger partial charge is 0.257 e. The number of hydrogen-bond acceptors (Lipinski definition) is 4. The van der Waals surface area contributed by atoms with Crippen LogP contribution in [-0.2, 0) is 0 Å². The molecule has 1 heterocycles. The van der Waals surface area contributed by atoms with E-state index in [1.807, 2.05) is 27.7 Å². The normalized spacial score (nSPS) is 11.2. The largest absolute Gasteiger partial charge is 0.341 e. The average Bonchev–Trinajstić information content (AvgIpc) is 2.37. The van der Waals surface area contributed by atoms with Gasteiger partial charge in [0.15, 0.2) is 0 Å². The van der Waals surface area contributed by atoms with Crippen molar-refractivity contribution in [1.29, 1.82) is 0 Å². The molecule has 0 aliphatic heterocycles. The van der Waals surface area contributed by atoms with Crippen molar-refractivity contribution in [3.05, 3.63) is 23.8 Å². The predicted molar refractivity (Wildman–Crippen MR) is 83.2 cm³/mol. The van der Waals surface area contributed by atoms with Crippen LogP contribution in [0.25, 0.3) is 0 Å². The Morgan fingerprint density at radius 3 is 2.55 bits per heavy atom. The highest BCUT2D eigenvalue weighted by Crippen LogP contribution is 2.19. The molecule has 0 aliphatic rings. The highest BCUT2D eigenvalue weighted by molar-refractivity contribution is 5.95. The second-order valence-corrected chi connectivity index (χ2v) is 6.01. The molecule has 114 valence electrons. The first-order valence-electron chi connectivity index (χ1n) is 6.54. The minimum Gasteiger partial charge on any atom is -0.341 e. The van der Waals surface area contributed by atoms with E-state index >= 15 is 0 Å². The third-order valence-corrected chi connectivity index (χ3v) is 3.08. The van der Waals surface area contributed by atoms with E-state index in [-0.39, 0.29) is 29.6 Å². The molecule has 1 rings (SSSR count). The number of aromatic nitrogens is 2. The van der Waals surface area contributed by atoms with Gasteiger partial charge in [-0.05, 0) is 17.9 Å². The van der Waals surface area contributed by atoms with E-state index in [2.05, 4.69) is 9.97 Å². The summed E-state index contributed by atoms with van der Waals surface area (Å²) in [7, 11) is 1.79. The topological polar surface area (TPSA) is 72.1 Å². The van der Waals surface area contributed by atoms with Gasteiger partial charge in [-0.1, -0.05) is 27.7 Å². The van der Waals surface area contributed by atoms with Crippen LogP contribution in [0.4, 0.5) is 0 Å². The molecule has 5 nitrogen and oxygen atoms in total. The summed E-state index contributed by atoms with van der Waals surface area (Å²) in [6, 6.07) is 0.